The summed E-state index contributed by atoms with van der Waals surface area (Å²) in [5.41, 5.74) is 0. The quantitative estimate of drug-likeness (QED) is 0.870. The van der Waals surface area contributed by atoms with Gasteiger partial charge in [0.2, 0.25) is 10.0 Å². The van der Waals surface area contributed by atoms with Gasteiger partial charge in [-0.05, 0) is 18.3 Å². The van der Waals surface area contributed by atoms with Crippen molar-refractivity contribution >= 4 is 10.0 Å². The van der Waals surface area contributed by atoms with Gasteiger partial charge in [0.25, 0.3) is 0 Å². The van der Waals surface area contributed by atoms with E-state index in [1.165, 1.54) is 14.2 Å². The van der Waals surface area contributed by atoms with Crippen LogP contribution in [-0.2, 0) is 10.0 Å². The van der Waals surface area contributed by atoms with Gasteiger partial charge in [0.05, 0.1) is 14.2 Å². The fraction of sp³-hybridized carbons (Fsp3) is 0.538. The average Bonchev–Trinajstić information content (AvgIpc) is 3.12. The monoisotopic (exact) mass is 303 g/mol. The predicted octanol–water partition coefficient (Wildman–Crippen LogP) is 1.78. The van der Waals surface area contributed by atoms with Gasteiger partial charge < -0.3 is 9.47 Å². The Labute approximate surface area is 118 Å². The minimum atomic E-state index is -3.89. The summed E-state index contributed by atoms with van der Waals surface area (Å²) in [4.78, 5) is -0.427. The number of methoxy groups -OCH3 is 2. The van der Waals surface area contributed by atoms with Crippen molar-refractivity contribution in [2.24, 2.45) is 11.8 Å². The van der Waals surface area contributed by atoms with E-state index in [0.29, 0.717) is 18.4 Å². The van der Waals surface area contributed by atoms with Crippen LogP contribution in [0, 0.1) is 17.7 Å². The zero-order valence-corrected chi connectivity index (χ0v) is 12.5. The molecule has 0 radical (unpaired) electrons. The molecule has 0 unspecified atom stereocenters. The van der Waals surface area contributed by atoms with E-state index < -0.39 is 20.7 Å². The maximum Gasteiger partial charge on any atom is 0.243 e. The van der Waals surface area contributed by atoms with Crippen LogP contribution in [0.1, 0.15) is 13.3 Å². The van der Waals surface area contributed by atoms with Gasteiger partial charge in [-0.15, -0.1) is 0 Å². The van der Waals surface area contributed by atoms with Crippen LogP contribution in [0.3, 0.4) is 0 Å². The Bertz CT molecular complexity index is 603. The molecule has 0 saturated heterocycles. The Hall–Kier alpha value is -1.34. The molecular formula is C13H18FNO4S. The Morgan fingerprint density at radius 1 is 1.30 bits per heavy atom. The van der Waals surface area contributed by atoms with E-state index in [9.17, 15) is 12.8 Å². The normalized spacial score (nSPS) is 21.6. The Morgan fingerprint density at radius 2 is 1.85 bits per heavy atom. The van der Waals surface area contributed by atoms with Crippen molar-refractivity contribution in [2.45, 2.75) is 18.2 Å². The number of nitrogens with one attached hydrogen (secondary N) is 1. The van der Waals surface area contributed by atoms with Crippen molar-refractivity contribution in [3.8, 4) is 11.5 Å². The summed E-state index contributed by atoms with van der Waals surface area (Å²) >= 11 is 0. The van der Waals surface area contributed by atoms with Crippen LogP contribution in [0.4, 0.5) is 4.39 Å². The lowest BCUT2D eigenvalue weighted by Crippen LogP contribution is -2.27. The number of hydrogen-bond donors (Lipinski definition) is 1. The van der Waals surface area contributed by atoms with Gasteiger partial charge >= 0.3 is 0 Å². The minimum Gasteiger partial charge on any atom is -0.493 e. The van der Waals surface area contributed by atoms with Gasteiger partial charge in [0.1, 0.15) is 10.7 Å². The van der Waals surface area contributed by atoms with E-state index in [0.717, 1.165) is 18.6 Å². The van der Waals surface area contributed by atoms with E-state index in [1.54, 1.807) is 0 Å². The smallest absolute Gasteiger partial charge is 0.243 e. The van der Waals surface area contributed by atoms with Crippen LogP contribution in [0.5, 0.6) is 11.5 Å². The average molecular weight is 303 g/mol. The van der Waals surface area contributed by atoms with Crippen molar-refractivity contribution in [1.82, 2.24) is 4.72 Å². The molecule has 0 heterocycles. The number of sulfonamides is 1. The van der Waals surface area contributed by atoms with Gasteiger partial charge in [-0.1, -0.05) is 6.92 Å². The third-order valence-corrected chi connectivity index (χ3v) is 4.98. The highest BCUT2D eigenvalue weighted by molar-refractivity contribution is 7.89. The highest BCUT2D eigenvalue weighted by atomic mass is 32.2. The molecule has 1 aliphatic carbocycles. The first-order valence-corrected chi connectivity index (χ1v) is 7.78. The Balaban J connectivity index is 2.25. The lowest BCUT2D eigenvalue weighted by Gasteiger charge is -2.12. The van der Waals surface area contributed by atoms with Gasteiger partial charge in [0, 0.05) is 18.7 Å². The molecule has 1 aromatic rings. The maximum atomic E-state index is 13.9. The van der Waals surface area contributed by atoms with Gasteiger partial charge in [0.15, 0.2) is 11.5 Å². The van der Waals surface area contributed by atoms with Gasteiger partial charge in [-0.3, -0.25) is 0 Å². The topological polar surface area (TPSA) is 64.6 Å². The molecule has 7 heteroatoms. The summed E-state index contributed by atoms with van der Waals surface area (Å²) in [7, 11) is -1.16. The lowest BCUT2D eigenvalue weighted by atomic mass is 10.3. The predicted molar refractivity (Wildman–Crippen MR) is 72.0 cm³/mol. The van der Waals surface area contributed by atoms with E-state index in [4.69, 9.17) is 9.47 Å². The van der Waals surface area contributed by atoms with E-state index in [2.05, 4.69) is 11.6 Å². The molecule has 1 aliphatic rings. The van der Waals surface area contributed by atoms with Crippen LogP contribution in [0.15, 0.2) is 17.0 Å². The van der Waals surface area contributed by atoms with Gasteiger partial charge in [-0.25, -0.2) is 17.5 Å². The molecule has 1 saturated carbocycles. The number of benzene rings is 1. The first-order chi connectivity index (χ1) is 9.39. The molecule has 20 heavy (non-hydrogen) atoms. The largest absolute Gasteiger partial charge is 0.493 e. The first-order valence-electron chi connectivity index (χ1n) is 6.30. The Morgan fingerprint density at radius 3 is 2.35 bits per heavy atom. The zero-order chi connectivity index (χ0) is 14.9. The summed E-state index contributed by atoms with van der Waals surface area (Å²) < 4.78 is 50.5. The molecule has 0 spiro atoms. The third kappa shape index (κ3) is 3.04. The number of halogens is 1. The molecule has 0 bridgehead atoms. The molecule has 1 aromatic carbocycles. The Kier molecular flexibility index (Phi) is 4.19. The fourth-order valence-corrected chi connectivity index (χ4v) is 3.19. The van der Waals surface area contributed by atoms with Crippen molar-refractivity contribution in [1.29, 1.82) is 0 Å². The van der Waals surface area contributed by atoms with E-state index >= 15 is 0 Å². The first kappa shape index (κ1) is 15.1. The second-order valence-corrected chi connectivity index (χ2v) is 6.70. The number of hydrogen-bond acceptors (Lipinski definition) is 4. The second-order valence-electron chi connectivity index (χ2n) is 4.96. The zero-order valence-electron chi connectivity index (χ0n) is 11.6. The standard InChI is InChI=1S/C13H18FNO4S/c1-8-4-9(8)7-15-20(16,17)13-6-12(19-3)11(18-2)5-10(13)14/h5-6,8-9,15H,4,7H2,1-3H3/t8-,9-/m0/s1. The van der Waals surface area contributed by atoms with Crippen LogP contribution in [0.2, 0.25) is 0 Å². The molecule has 0 amide bonds. The summed E-state index contributed by atoms with van der Waals surface area (Å²) in [5.74, 6) is 0.328. The van der Waals surface area contributed by atoms with Crippen molar-refractivity contribution in [3.63, 3.8) is 0 Å². The van der Waals surface area contributed by atoms with Crippen molar-refractivity contribution in [3.05, 3.63) is 17.9 Å². The molecule has 2 rings (SSSR count). The van der Waals surface area contributed by atoms with E-state index in [1.807, 2.05) is 0 Å². The van der Waals surface area contributed by atoms with Crippen LogP contribution in [-0.4, -0.2) is 29.2 Å². The van der Waals surface area contributed by atoms with Crippen molar-refractivity contribution in [2.75, 3.05) is 20.8 Å². The summed E-state index contributed by atoms with van der Waals surface area (Å²) in [6.07, 6.45) is 0.997. The molecule has 1 N–H and O–H groups in total. The molecular weight excluding hydrogens is 285 g/mol. The van der Waals surface area contributed by atoms with Crippen molar-refractivity contribution < 1.29 is 22.3 Å². The van der Waals surface area contributed by atoms with Crippen LogP contribution < -0.4 is 14.2 Å². The van der Waals surface area contributed by atoms with Crippen LogP contribution in [0.25, 0.3) is 0 Å². The highest BCUT2D eigenvalue weighted by Crippen LogP contribution is 2.37. The highest BCUT2D eigenvalue weighted by Gasteiger charge is 2.34. The summed E-state index contributed by atoms with van der Waals surface area (Å²) in [6.45, 7) is 2.38. The number of rotatable bonds is 6. The van der Waals surface area contributed by atoms with Crippen LogP contribution >= 0.6 is 0 Å². The fourth-order valence-electron chi connectivity index (χ4n) is 2.02. The molecule has 2 atom stereocenters. The SMILES string of the molecule is COc1cc(F)c(S(=O)(=O)NC[C@@H]2C[C@@H]2C)cc1OC. The summed E-state index contributed by atoms with van der Waals surface area (Å²) in [6, 6.07) is 2.14. The third-order valence-electron chi connectivity index (χ3n) is 3.54. The molecule has 1 fully saturated rings. The second kappa shape index (κ2) is 5.57. The summed E-state index contributed by atoms with van der Waals surface area (Å²) in [5, 5.41) is 0. The minimum absolute atomic E-state index is 0.153. The molecule has 0 aromatic heterocycles. The maximum absolute atomic E-state index is 13.9. The lowest BCUT2D eigenvalue weighted by molar-refractivity contribution is 0.350. The molecule has 0 aliphatic heterocycles. The number of ether oxygens (including phenoxy) is 2. The molecule has 5 nitrogen and oxygen atoms in total. The van der Waals surface area contributed by atoms with Gasteiger partial charge in [-0.2, -0.15) is 0 Å². The molecule has 112 valence electrons. The van der Waals surface area contributed by atoms with E-state index in [-0.39, 0.29) is 11.5 Å².